The topological polar surface area (TPSA) is 36.3 Å². The molecule has 1 aromatic carbocycles. The smallest absolute Gasteiger partial charge is 0.123 e. The summed E-state index contributed by atoms with van der Waals surface area (Å²) in [6, 6.07) is 8.54. The van der Waals surface area contributed by atoms with Gasteiger partial charge in [0.25, 0.3) is 0 Å². The Kier molecular flexibility index (Phi) is 5.38. The molecule has 0 N–H and O–H groups in total. The maximum absolute atomic E-state index is 8.63. The molecule has 0 aliphatic heterocycles. The van der Waals surface area contributed by atoms with Crippen molar-refractivity contribution in [2.45, 2.75) is 39.2 Å². The number of methoxy groups -OCH3 is 1. The average molecular weight is 260 g/mol. The number of nitrogens with zero attached hydrogens (tertiary/aromatic N) is 2. The van der Waals surface area contributed by atoms with Crippen LogP contribution in [0, 0.1) is 11.3 Å². The first-order valence-electron chi connectivity index (χ1n) is 6.61. The van der Waals surface area contributed by atoms with Crippen LogP contribution in [-0.2, 0) is 12.0 Å². The third-order valence-electron chi connectivity index (χ3n) is 3.19. The third-order valence-corrected chi connectivity index (χ3v) is 3.19. The predicted molar refractivity (Wildman–Crippen MR) is 78.3 cm³/mol. The zero-order valence-electron chi connectivity index (χ0n) is 12.7. The van der Waals surface area contributed by atoms with Crippen molar-refractivity contribution in [3.63, 3.8) is 0 Å². The molecule has 3 heteroatoms. The molecule has 0 fully saturated rings. The van der Waals surface area contributed by atoms with Crippen LogP contribution in [0.15, 0.2) is 18.2 Å². The van der Waals surface area contributed by atoms with E-state index in [4.69, 9.17) is 10.00 Å². The minimum absolute atomic E-state index is 0.131. The molecule has 0 heterocycles. The Hall–Kier alpha value is -1.53. The van der Waals surface area contributed by atoms with Crippen LogP contribution in [0.25, 0.3) is 0 Å². The molecule has 19 heavy (non-hydrogen) atoms. The maximum Gasteiger partial charge on any atom is 0.123 e. The second-order valence-electron chi connectivity index (χ2n) is 5.92. The van der Waals surface area contributed by atoms with E-state index < -0.39 is 0 Å². The lowest BCUT2D eigenvalue weighted by atomic mass is 9.86. The van der Waals surface area contributed by atoms with E-state index in [0.717, 1.165) is 18.8 Å². The lowest BCUT2D eigenvalue weighted by molar-refractivity contribution is 0.323. The minimum atomic E-state index is 0.131. The molecule has 1 rings (SSSR count). The van der Waals surface area contributed by atoms with Crippen molar-refractivity contribution >= 4 is 0 Å². The molecule has 0 bridgehead atoms. The van der Waals surface area contributed by atoms with Crippen LogP contribution in [0.4, 0.5) is 0 Å². The minimum Gasteiger partial charge on any atom is -0.496 e. The van der Waals surface area contributed by atoms with Gasteiger partial charge in [-0.25, -0.2) is 0 Å². The predicted octanol–water partition coefficient (Wildman–Crippen LogP) is 3.34. The zero-order valence-corrected chi connectivity index (χ0v) is 12.7. The Balaban J connectivity index is 2.94. The van der Waals surface area contributed by atoms with Crippen LogP contribution in [0.2, 0.25) is 0 Å². The average Bonchev–Trinajstić information content (AvgIpc) is 2.35. The van der Waals surface area contributed by atoms with Crippen molar-refractivity contribution in [3.05, 3.63) is 29.3 Å². The van der Waals surface area contributed by atoms with Gasteiger partial charge in [-0.05, 0) is 24.1 Å². The number of hydrogen-bond donors (Lipinski definition) is 0. The number of nitriles is 1. The van der Waals surface area contributed by atoms with Crippen LogP contribution in [0.3, 0.4) is 0 Å². The first kappa shape index (κ1) is 15.5. The Morgan fingerprint density at radius 1 is 1.32 bits per heavy atom. The van der Waals surface area contributed by atoms with Crippen LogP contribution in [0.5, 0.6) is 5.75 Å². The van der Waals surface area contributed by atoms with Crippen molar-refractivity contribution < 1.29 is 4.74 Å². The standard InChI is InChI=1S/C16H24N2O/c1-16(2,3)14-7-8-15(19-5)13(11-14)12-18(4)10-6-9-17/h7-8,11H,6,10,12H2,1-5H3. The molecule has 0 aliphatic carbocycles. The molecule has 0 aliphatic rings. The molecule has 0 amide bonds. The second-order valence-corrected chi connectivity index (χ2v) is 5.92. The summed E-state index contributed by atoms with van der Waals surface area (Å²) in [6.07, 6.45) is 0.553. The van der Waals surface area contributed by atoms with Crippen LogP contribution in [0.1, 0.15) is 38.3 Å². The van der Waals surface area contributed by atoms with Gasteiger partial charge in [-0.1, -0.05) is 32.9 Å². The van der Waals surface area contributed by atoms with Gasteiger partial charge in [-0.3, -0.25) is 0 Å². The normalized spacial score (nSPS) is 11.4. The quantitative estimate of drug-likeness (QED) is 0.814. The Bertz CT molecular complexity index is 455. The Morgan fingerprint density at radius 2 is 2.00 bits per heavy atom. The second kappa shape index (κ2) is 6.58. The van der Waals surface area contributed by atoms with Gasteiger partial charge in [0.1, 0.15) is 5.75 Å². The molecule has 0 atom stereocenters. The fraction of sp³-hybridized carbons (Fsp3) is 0.562. The lowest BCUT2D eigenvalue weighted by Crippen LogP contribution is -2.20. The Labute approximate surface area is 116 Å². The molecule has 1 aromatic rings. The third kappa shape index (κ3) is 4.57. The SMILES string of the molecule is COc1ccc(C(C)(C)C)cc1CN(C)CCC#N. The van der Waals surface area contributed by atoms with Gasteiger partial charge in [0.2, 0.25) is 0 Å². The van der Waals surface area contributed by atoms with Crippen LogP contribution in [-0.4, -0.2) is 25.6 Å². The summed E-state index contributed by atoms with van der Waals surface area (Å²) < 4.78 is 5.43. The fourth-order valence-corrected chi connectivity index (χ4v) is 1.98. The van der Waals surface area contributed by atoms with Gasteiger partial charge < -0.3 is 9.64 Å². The number of hydrogen-bond acceptors (Lipinski definition) is 3. The highest BCUT2D eigenvalue weighted by Crippen LogP contribution is 2.28. The summed E-state index contributed by atoms with van der Waals surface area (Å²) >= 11 is 0. The largest absolute Gasteiger partial charge is 0.496 e. The van der Waals surface area contributed by atoms with Crippen molar-refractivity contribution in [1.82, 2.24) is 4.90 Å². The number of rotatable bonds is 5. The molecule has 0 radical (unpaired) electrons. The van der Waals surface area contributed by atoms with E-state index in [0.29, 0.717) is 6.42 Å². The van der Waals surface area contributed by atoms with Gasteiger partial charge in [0.15, 0.2) is 0 Å². The number of benzene rings is 1. The van der Waals surface area contributed by atoms with Crippen LogP contribution < -0.4 is 4.74 Å². The van der Waals surface area contributed by atoms with E-state index in [1.165, 1.54) is 11.1 Å². The van der Waals surface area contributed by atoms with E-state index >= 15 is 0 Å². The lowest BCUT2D eigenvalue weighted by Gasteiger charge is -2.23. The molecule has 0 saturated carbocycles. The summed E-state index contributed by atoms with van der Waals surface area (Å²) in [6.45, 7) is 8.20. The zero-order chi connectivity index (χ0) is 14.5. The molecule has 0 saturated heterocycles. The molecular weight excluding hydrogens is 236 g/mol. The molecule has 104 valence electrons. The number of ether oxygens (including phenoxy) is 1. The van der Waals surface area contributed by atoms with Gasteiger partial charge in [-0.2, -0.15) is 5.26 Å². The maximum atomic E-state index is 8.63. The summed E-state index contributed by atoms with van der Waals surface area (Å²) in [7, 11) is 3.73. The summed E-state index contributed by atoms with van der Waals surface area (Å²) in [5.41, 5.74) is 2.61. The van der Waals surface area contributed by atoms with Crippen molar-refractivity contribution in [1.29, 1.82) is 5.26 Å². The van der Waals surface area contributed by atoms with Crippen molar-refractivity contribution in [2.75, 3.05) is 20.7 Å². The molecule has 0 unspecified atom stereocenters. The highest BCUT2D eigenvalue weighted by atomic mass is 16.5. The van der Waals surface area contributed by atoms with Crippen molar-refractivity contribution in [2.24, 2.45) is 0 Å². The molecular formula is C16H24N2O. The first-order chi connectivity index (χ1) is 8.88. The highest BCUT2D eigenvalue weighted by Gasteiger charge is 2.16. The Morgan fingerprint density at radius 3 is 2.53 bits per heavy atom. The first-order valence-corrected chi connectivity index (χ1v) is 6.61. The summed E-state index contributed by atoms with van der Waals surface area (Å²) in [4.78, 5) is 2.15. The fourth-order valence-electron chi connectivity index (χ4n) is 1.98. The van der Waals surface area contributed by atoms with Gasteiger partial charge >= 0.3 is 0 Å². The van der Waals surface area contributed by atoms with E-state index in [1.54, 1.807) is 7.11 Å². The van der Waals surface area contributed by atoms with E-state index in [1.807, 2.05) is 13.1 Å². The van der Waals surface area contributed by atoms with Crippen molar-refractivity contribution in [3.8, 4) is 11.8 Å². The van der Waals surface area contributed by atoms with Crippen LogP contribution >= 0.6 is 0 Å². The summed E-state index contributed by atoms with van der Waals surface area (Å²) in [5, 5.41) is 8.63. The molecule has 3 nitrogen and oxygen atoms in total. The molecule has 0 spiro atoms. The van der Waals surface area contributed by atoms with Gasteiger partial charge in [0.05, 0.1) is 13.2 Å². The van der Waals surface area contributed by atoms with Gasteiger partial charge in [-0.15, -0.1) is 0 Å². The van der Waals surface area contributed by atoms with E-state index in [9.17, 15) is 0 Å². The summed E-state index contributed by atoms with van der Waals surface area (Å²) in [5.74, 6) is 0.914. The van der Waals surface area contributed by atoms with E-state index in [-0.39, 0.29) is 5.41 Å². The van der Waals surface area contributed by atoms with Gasteiger partial charge in [0, 0.05) is 25.1 Å². The highest BCUT2D eigenvalue weighted by molar-refractivity contribution is 5.39. The molecule has 0 aromatic heterocycles. The van der Waals surface area contributed by atoms with E-state index in [2.05, 4.69) is 43.9 Å². The monoisotopic (exact) mass is 260 g/mol.